The summed E-state index contributed by atoms with van der Waals surface area (Å²) in [5.74, 6) is 2.99. The van der Waals surface area contributed by atoms with E-state index in [-0.39, 0.29) is 5.92 Å². The number of benzene rings is 1. The van der Waals surface area contributed by atoms with Crippen molar-refractivity contribution in [3.63, 3.8) is 0 Å². The molecular formula is C24H30N4O2. The molecule has 4 aliphatic carbocycles. The monoisotopic (exact) mass is 406 g/mol. The molecule has 1 heterocycles. The maximum absolute atomic E-state index is 11.2. The van der Waals surface area contributed by atoms with Crippen LogP contribution in [0.2, 0.25) is 0 Å². The summed E-state index contributed by atoms with van der Waals surface area (Å²) in [4.78, 5) is 18.5. The van der Waals surface area contributed by atoms with Crippen LogP contribution in [0.25, 0.3) is 0 Å². The van der Waals surface area contributed by atoms with E-state index in [4.69, 9.17) is 4.99 Å². The Bertz CT molecular complexity index is 836. The standard InChI is InChI=1S/C24H30N4O2/c25-14-26-23(27-22-19-10-15-9-16(12-19)13-20(22)11-15)17-1-3-21(4-2-17)28-7-5-18(6-8-28)24(29)30/h1-4,15-16,18-20,22H,5-13H2,(H,26,27)(H,29,30). The molecule has 4 saturated carbocycles. The normalized spacial score (nSPS) is 33.4. The van der Waals surface area contributed by atoms with Gasteiger partial charge in [-0.05, 0) is 92.9 Å². The smallest absolute Gasteiger partial charge is 0.306 e. The summed E-state index contributed by atoms with van der Waals surface area (Å²) in [6.07, 6.45) is 10.1. The average Bonchev–Trinajstić information content (AvgIpc) is 2.75. The van der Waals surface area contributed by atoms with Crippen LogP contribution in [-0.4, -0.2) is 36.0 Å². The highest BCUT2D eigenvalue weighted by atomic mass is 16.4. The van der Waals surface area contributed by atoms with Gasteiger partial charge in [0, 0.05) is 24.3 Å². The molecule has 1 aromatic carbocycles. The van der Waals surface area contributed by atoms with Gasteiger partial charge in [0.05, 0.1) is 12.0 Å². The lowest BCUT2D eigenvalue weighted by Gasteiger charge is -2.53. The number of nitriles is 1. The number of hydrogen-bond donors (Lipinski definition) is 2. The van der Waals surface area contributed by atoms with Crippen molar-refractivity contribution in [2.24, 2.45) is 34.6 Å². The lowest BCUT2D eigenvalue weighted by atomic mass is 9.54. The average molecular weight is 407 g/mol. The lowest BCUT2D eigenvalue weighted by molar-refractivity contribution is -0.142. The maximum Gasteiger partial charge on any atom is 0.306 e. The van der Waals surface area contributed by atoms with Crippen LogP contribution in [0.15, 0.2) is 29.3 Å². The molecule has 0 aromatic heterocycles. The fraction of sp³-hybridized carbons (Fsp3) is 0.625. The summed E-state index contributed by atoms with van der Waals surface area (Å²) in [6, 6.07) is 8.57. The highest BCUT2D eigenvalue weighted by molar-refractivity contribution is 6.00. The zero-order valence-electron chi connectivity index (χ0n) is 17.3. The van der Waals surface area contributed by atoms with Crippen LogP contribution in [0.4, 0.5) is 5.69 Å². The number of piperidine rings is 1. The van der Waals surface area contributed by atoms with E-state index in [1.54, 1.807) is 0 Å². The highest BCUT2D eigenvalue weighted by Crippen LogP contribution is 2.54. The number of anilines is 1. The van der Waals surface area contributed by atoms with E-state index in [0.29, 0.717) is 36.6 Å². The third kappa shape index (κ3) is 3.66. The number of amidine groups is 1. The summed E-state index contributed by atoms with van der Waals surface area (Å²) in [5, 5.41) is 21.4. The van der Waals surface area contributed by atoms with Gasteiger partial charge in [0.25, 0.3) is 0 Å². The molecular weight excluding hydrogens is 376 g/mol. The summed E-state index contributed by atoms with van der Waals surface area (Å²) < 4.78 is 0. The van der Waals surface area contributed by atoms with Crippen molar-refractivity contribution in [3.8, 4) is 6.19 Å². The molecule has 6 heteroatoms. The number of carboxylic acid groups (broad SMARTS) is 1. The first-order valence-corrected chi connectivity index (χ1v) is 11.4. The zero-order valence-corrected chi connectivity index (χ0v) is 17.3. The number of carbonyl (C=O) groups is 1. The van der Waals surface area contributed by atoms with Crippen LogP contribution in [0, 0.1) is 41.0 Å². The van der Waals surface area contributed by atoms with Gasteiger partial charge in [-0.15, -0.1) is 0 Å². The Morgan fingerprint density at radius 3 is 2.17 bits per heavy atom. The zero-order chi connectivity index (χ0) is 20.7. The second-order valence-corrected chi connectivity index (χ2v) is 9.78. The molecule has 1 aromatic rings. The highest BCUT2D eigenvalue weighted by Gasteiger charge is 2.48. The topological polar surface area (TPSA) is 88.7 Å². The first kappa shape index (κ1) is 19.4. The maximum atomic E-state index is 11.2. The van der Waals surface area contributed by atoms with E-state index in [0.717, 1.165) is 36.2 Å². The fourth-order valence-electron chi connectivity index (χ4n) is 6.70. The molecule has 0 spiro atoms. The van der Waals surface area contributed by atoms with E-state index in [1.807, 2.05) is 12.1 Å². The van der Waals surface area contributed by atoms with E-state index in [2.05, 4.69) is 28.5 Å². The predicted molar refractivity (Wildman–Crippen MR) is 115 cm³/mol. The van der Waals surface area contributed by atoms with Gasteiger partial charge in [-0.3, -0.25) is 15.1 Å². The number of rotatable bonds is 4. The Hall–Kier alpha value is -2.55. The van der Waals surface area contributed by atoms with E-state index < -0.39 is 5.97 Å². The Kier molecular flexibility index (Phi) is 5.14. The molecule has 0 radical (unpaired) electrons. The van der Waals surface area contributed by atoms with Crippen molar-refractivity contribution in [1.82, 2.24) is 5.32 Å². The molecule has 5 fully saturated rings. The van der Waals surface area contributed by atoms with Gasteiger partial charge >= 0.3 is 5.97 Å². The minimum Gasteiger partial charge on any atom is -0.481 e. The van der Waals surface area contributed by atoms with Gasteiger partial charge in [0.2, 0.25) is 0 Å². The first-order valence-electron chi connectivity index (χ1n) is 11.4. The van der Waals surface area contributed by atoms with Gasteiger partial charge < -0.3 is 10.0 Å². The second-order valence-electron chi connectivity index (χ2n) is 9.78. The number of nitrogens with one attached hydrogen (secondary N) is 1. The number of aliphatic carboxylic acids is 1. The summed E-state index contributed by atoms with van der Waals surface area (Å²) in [6.45, 7) is 1.53. The van der Waals surface area contributed by atoms with Crippen molar-refractivity contribution in [2.75, 3.05) is 18.0 Å². The van der Waals surface area contributed by atoms with Crippen LogP contribution >= 0.6 is 0 Å². The SMILES string of the molecule is N#CNC(=NC1C2CC3CC(C2)CC1C3)c1ccc(N2CCC(C(=O)O)CC2)cc1. The molecule has 1 saturated heterocycles. The van der Waals surface area contributed by atoms with Crippen molar-refractivity contribution >= 4 is 17.5 Å². The fourth-order valence-corrected chi connectivity index (χ4v) is 6.70. The third-order valence-corrected chi connectivity index (χ3v) is 7.98. The molecule has 0 amide bonds. The Morgan fingerprint density at radius 1 is 1.03 bits per heavy atom. The molecule has 0 unspecified atom stereocenters. The van der Waals surface area contributed by atoms with Gasteiger partial charge in [-0.2, -0.15) is 5.26 Å². The van der Waals surface area contributed by atoms with Crippen molar-refractivity contribution in [1.29, 1.82) is 5.26 Å². The first-order chi connectivity index (χ1) is 14.6. The Balaban J connectivity index is 1.31. The number of nitrogens with zero attached hydrogens (tertiary/aromatic N) is 3. The number of aliphatic imine (C=N–C) groups is 1. The van der Waals surface area contributed by atoms with Gasteiger partial charge in [-0.25, -0.2) is 0 Å². The summed E-state index contributed by atoms with van der Waals surface area (Å²) in [7, 11) is 0. The minimum absolute atomic E-state index is 0.222. The van der Waals surface area contributed by atoms with E-state index in [1.165, 1.54) is 32.1 Å². The van der Waals surface area contributed by atoms with E-state index >= 15 is 0 Å². The van der Waals surface area contributed by atoms with Gasteiger partial charge in [-0.1, -0.05) is 0 Å². The lowest BCUT2D eigenvalue weighted by Crippen LogP contribution is -2.48. The second kappa shape index (κ2) is 7.94. The van der Waals surface area contributed by atoms with E-state index in [9.17, 15) is 15.2 Å². The minimum atomic E-state index is -0.682. The van der Waals surface area contributed by atoms with Crippen LogP contribution < -0.4 is 10.2 Å². The Morgan fingerprint density at radius 2 is 1.63 bits per heavy atom. The van der Waals surface area contributed by atoms with Crippen LogP contribution in [0.5, 0.6) is 0 Å². The van der Waals surface area contributed by atoms with Crippen LogP contribution in [-0.2, 0) is 4.79 Å². The third-order valence-electron chi connectivity index (χ3n) is 7.98. The molecule has 4 bridgehead atoms. The van der Waals surface area contributed by atoms with Gasteiger partial charge in [0.15, 0.2) is 6.19 Å². The summed E-state index contributed by atoms with van der Waals surface area (Å²) >= 11 is 0. The van der Waals surface area contributed by atoms with Crippen molar-refractivity contribution in [3.05, 3.63) is 29.8 Å². The molecule has 5 aliphatic rings. The number of carboxylic acids is 1. The largest absolute Gasteiger partial charge is 0.481 e. The quantitative estimate of drug-likeness (QED) is 0.345. The van der Waals surface area contributed by atoms with Crippen LogP contribution in [0.1, 0.15) is 50.5 Å². The molecule has 2 N–H and O–H groups in total. The van der Waals surface area contributed by atoms with Gasteiger partial charge in [0.1, 0.15) is 5.84 Å². The summed E-state index contributed by atoms with van der Waals surface area (Å²) in [5.41, 5.74) is 2.06. The predicted octanol–water partition coefficient (Wildman–Crippen LogP) is 3.63. The molecule has 1 aliphatic heterocycles. The molecule has 6 nitrogen and oxygen atoms in total. The molecule has 6 rings (SSSR count). The molecule has 30 heavy (non-hydrogen) atoms. The van der Waals surface area contributed by atoms with Crippen LogP contribution in [0.3, 0.4) is 0 Å². The molecule has 158 valence electrons. The number of hydrogen-bond acceptors (Lipinski definition) is 4. The Labute approximate surface area is 178 Å². The van der Waals surface area contributed by atoms with Crippen molar-refractivity contribution in [2.45, 2.75) is 51.0 Å². The molecule has 0 atom stereocenters. The van der Waals surface area contributed by atoms with Crippen molar-refractivity contribution < 1.29 is 9.90 Å².